The zero-order valence-corrected chi connectivity index (χ0v) is 18.7. The number of halogens is 1. The van der Waals surface area contributed by atoms with E-state index in [1.807, 2.05) is 31.2 Å². The van der Waals surface area contributed by atoms with Crippen molar-refractivity contribution in [3.63, 3.8) is 0 Å². The van der Waals surface area contributed by atoms with E-state index in [1.54, 1.807) is 30.3 Å². The summed E-state index contributed by atoms with van der Waals surface area (Å²) in [4.78, 5) is 29.1. The predicted octanol–water partition coefficient (Wildman–Crippen LogP) is 4.37. The molecule has 0 fully saturated rings. The summed E-state index contributed by atoms with van der Waals surface area (Å²) in [5, 5.41) is 6.77. The molecule has 0 aliphatic rings. The van der Waals surface area contributed by atoms with Crippen LogP contribution in [0.4, 0.5) is 5.69 Å². The molecule has 0 bridgehead atoms. The fraction of sp³-hybridized carbons (Fsp3) is 0.130. The number of amides is 1. The van der Waals surface area contributed by atoms with Crippen LogP contribution in [-0.4, -0.2) is 27.2 Å². The topological polar surface area (TPSA) is 99.2 Å². The third kappa shape index (κ3) is 5.12. The van der Waals surface area contributed by atoms with Gasteiger partial charge in [-0.05, 0) is 61.5 Å². The molecule has 4 aromatic rings. The van der Waals surface area contributed by atoms with Crippen molar-refractivity contribution in [3.05, 3.63) is 81.7 Å². The first kappa shape index (κ1) is 21.5. The van der Waals surface area contributed by atoms with E-state index in [2.05, 4.69) is 31.4 Å². The summed E-state index contributed by atoms with van der Waals surface area (Å²) in [5.74, 6) is 1.06. The summed E-state index contributed by atoms with van der Waals surface area (Å²) in [6, 6.07) is 17.5. The zero-order valence-electron chi connectivity index (χ0n) is 17.1. The minimum absolute atomic E-state index is 0.159. The smallest absolute Gasteiger partial charge is 0.259 e. The van der Waals surface area contributed by atoms with E-state index in [1.165, 1.54) is 16.8 Å². The molecule has 0 radical (unpaired) electrons. The molecule has 1 N–H and O–H groups in total. The molecule has 0 aliphatic heterocycles. The van der Waals surface area contributed by atoms with Gasteiger partial charge in [0, 0.05) is 28.0 Å². The largest absolute Gasteiger partial charge is 0.494 e. The Hall–Kier alpha value is -3.72. The second-order valence-corrected chi connectivity index (χ2v) is 7.74. The lowest BCUT2D eigenvalue weighted by molar-refractivity contribution is -0.116. The van der Waals surface area contributed by atoms with E-state index in [9.17, 15) is 9.59 Å². The van der Waals surface area contributed by atoms with Crippen LogP contribution in [0.15, 0.2) is 80.7 Å². The number of carbonyl (C=O) groups excluding carboxylic acids is 1. The van der Waals surface area contributed by atoms with E-state index >= 15 is 0 Å². The van der Waals surface area contributed by atoms with Crippen LogP contribution in [0.25, 0.3) is 22.8 Å². The van der Waals surface area contributed by atoms with Gasteiger partial charge in [-0.15, -0.1) is 0 Å². The third-order valence-electron chi connectivity index (χ3n) is 4.52. The number of nitrogens with one attached hydrogen (secondary N) is 1. The maximum atomic E-state index is 12.5. The highest BCUT2D eigenvalue weighted by molar-refractivity contribution is 9.10. The third-order valence-corrected chi connectivity index (χ3v) is 5.05. The maximum Gasteiger partial charge on any atom is 0.259 e. The number of nitrogens with zero attached hydrogens (tertiary/aromatic N) is 3. The zero-order chi connectivity index (χ0) is 22.5. The Morgan fingerprint density at radius 3 is 2.50 bits per heavy atom. The number of carbonyl (C=O) groups is 1. The molecule has 9 heteroatoms. The standard InChI is InChI=1S/C23H19BrN4O4/c1-2-31-19-10-8-18(9-11-19)25-20(29)14-28-13-16(5-12-21(28)30)23-26-22(27-32-23)15-3-6-17(24)7-4-15/h3-13H,2,14H2,1H3,(H,25,29). The molecule has 0 unspecified atom stereocenters. The van der Waals surface area contributed by atoms with E-state index < -0.39 is 0 Å². The molecule has 0 spiro atoms. The highest BCUT2D eigenvalue weighted by Crippen LogP contribution is 2.23. The molecule has 0 saturated carbocycles. The highest BCUT2D eigenvalue weighted by atomic mass is 79.9. The molecule has 2 aromatic carbocycles. The normalized spacial score (nSPS) is 10.7. The summed E-state index contributed by atoms with van der Waals surface area (Å²) in [5.41, 5.74) is 1.63. The number of aromatic nitrogens is 3. The first-order chi connectivity index (χ1) is 15.5. The average Bonchev–Trinajstić information content (AvgIpc) is 3.27. The molecule has 1 amide bonds. The van der Waals surface area contributed by atoms with Gasteiger partial charge in [0.25, 0.3) is 11.4 Å². The van der Waals surface area contributed by atoms with Crippen molar-refractivity contribution in [2.24, 2.45) is 0 Å². The van der Waals surface area contributed by atoms with Gasteiger partial charge in [-0.2, -0.15) is 4.98 Å². The SMILES string of the molecule is CCOc1ccc(NC(=O)Cn2cc(-c3nc(-c4ccc(Br)cc4)no3)ccc2=O)cc1. The minimum atomic E-state index is -0.338. The average molecular weight is 495 g/mol. The van der Waals surface area contributed by atoms with Crippen molar-refractivity contribution in [1.29, 1.82) is 0 Å². The summed E-state index contributed by atoms with van der Waals surface area (Å²) in [6.45, 7) is 2.31. The van der Waals surface area contributed by atoms with Crippen molar-refractivity contribution in [2.45, 2.75) is 13.5 Å². The van der Waals surface area contributed by atoms with E-state index in [-0.39, 0.29) is 23.9 Å². The van der Waals surface area contributed by atoms with Gasteiger partial charge < -0.3 is 19.1 Å². The Balaban J connectivity index is 1.48. The summed E-state index contributed by atoms with van der Waals surface area (Å²) >= 11 is 3.39. The van der Waals surface area contributed by atoms with Crippen LogP contribution >= 0.6 is 15.9 Å². The van der Waals surface area contributed by atoms with Gasteiger partial charge in [0.1, 0.15) is 12.3 Å². The molecule has 0 aliphatic carbocycles. The van der Waals surface area contributed by atoms with Gasteiger partial charge in [0.05, 0.1) is 12.2 Å². The van der Waals surface area contributed by atoms with Gasteiger partial charge in [-0.1, -0.05) is 21.1 Å². The quantitative estimate of drug-likeness (QED) is 0.409. The van der Waals surface area contributed by atoms with E-state index in [4.69, 9.17) is 9.26 Å². The Labute approximate surface area is 192 Å². The van der Waals surface area contributed by atoms with Crippen LogP contribution in [-0.2, 0) is 11.3 Å². The van der Waals surface area contributed by atoms with Crippen LogP contribution in [0.1, 0.15) is 6.92 Å². The minimum Gasteiger partial charge on any atom is -0.494 e. The number of benzene rings is 2. The molecular formula is C23H19BrN4O4. The molecule has 32 heavy (non-hydrogen) atoms. The van der Waals surface area contributed by atoms with Crippen LogP contribution < -0.4 is 15.6 Å². The molecule has 0 atom stereocenters. The number of rotatable bonds is 7. The number of anilines is 1. The first-order valence-corrected chi connectivity index (χ1v) is 10.6. The first-order valence-electron chi connectivity index (χ1n) is 9.85. The van der Waals surface area contributed by atoms with Gasteiger partial charge in [0.15, 0.2) is 0 Å². The van der Waals surface area contributed by atoms with Crippen molar-refractivity contribution in [1.82, 2.24) is 14.7 Å². The summed E-state index contributed by atoms with van der Waals surface area (Å²) in [7, 11) is 0. The predicted molar refractivity (Wildman–Crippen MR) is 123 cm³/mol. The second kappa shape index (κ2) is 9.61. The van der Waals surface area contributed by atoms with Crippen LogP contribution in [0.2, 0.25) is 0 Å². The second-order valence-electron chi connectivity index (χ2n) is 6.82. The lowest BCUT2D eigenvalue weighted by Gasteiger charge is -2.09. The lowest BCUT2D eigenvalue weighted by atomic mass is 10.2. The Morgan fingerprint density at radius 2 is 1.78 bits per heavy atom. The van der Waals surface area contributed by atoms with Crippen LogP contribution in [0.5, 0.6) is 5.75 Å². The Morgan fingerprint density at radius 1 is 1.06 bits per heavy atom. The fourth-order valence-corrected chi connectivity index (χ4v) is 3.26. The van der Waals surface area contributed by atoms with E-state index in [0.717, 1.165) is 15.8 Å². The van der Waals surface area contributed by atoms with Crippen molar-refractivity contribution in [3.8, 4) is 28.6 Å². The number of pyridine rings is 1. The van der Waals surface area contributed by atoms with Crippen molar-refractivity contribution < 1.29 is 14.1 Å². The Kier molecular flexibility index (Phi) is 6.46. The van der Waals surface area contributed by atoms with Crippen molar-refractivity contribution in [2.75, 3.05) is 11.9 Å². The molecule has 4 rings (SSSR count). The molecule has 0 saturated heterocycles. The van der Waals surface area contributed by atoms with Gasteiger partial charge in [-0.3, -0.25) is 9.59 Å². The fourth-order valence-electron chi connectivity index (χ4n) is 2.99. The van der Waals surface area contributed by atoms with Gasteiger partial charge in [0.2, 0.25) is 11.7 Å². The molecule has 2 heterocycles. The van der Waals surface area contributed by atoms with Crippen molar-refractivity contribution >= 4 is 27.5 Å². The number of ether oxygens (including phenoxy) is 1. The molecule has 162 valence electrons. The summed E-state index contributed by atoms with van der Waals surface area (Å²) in [6.07, 6.45) is 1.53. The molecular weight excluding hydrogens is 476 g/mol. The summed E-state index contributed by atoms with van der Waals surface area (Å²) < 4.78 is 13.0. The Bertz CT molecular complexity index is 1280. The maximum absolute atomic E-state index is 12.5. The number of hydrogen-bond donors (Lipinski definition) is 1. The highest BCUT2D eigenvalue weighted by Gasteiger charge is 2.13. The van der Waals surface area contributed by atoms with Gasteiger partial charge in [-0.25, -0.2) is 0 Å². The molecule has 2 aromatic heterocycles. The van der Waals surface area contributed by atoms with E-state index in [0.29, 0.717) is 23.7 Å². The lowest BCUT2D eigenvalue weighted by Crippen LogP contribution is -2.26. The molecule has 8 nitrogen and oxygen atoms in total. The van der Waals surface area contributed by atoms with Crippen LogP contribution in [0.3, 0.4) is 0 Å². The van der Waals surface area contributed by atoms with Crippen LogP contribution in [0, 0.1) is 0 Å². The number of hydrogen-bond acceptors (Lipinski definition) is 6. The van der Waals surface area contributed by atoms with Gasteiger partial charge >= 0.3 is 0 Å². The monoisotopic (exact) mass is 494 g/mol.